The van der Waals surface area contributed by atoms with Gasteiger partial charge in [0, 0.05) is 17.5 Å². The van der Waals surface area contributed by atoms with E-state index in [1.807, 2.05) is 91.8 Å². The summed E-state index contributed by atoms with van der Waals surface area (Å²) in [4.78, 5) is 27.2. The Hall–Kier alpha value is -3.10. The Balaban J connectivity index is 1.44. The highest BCUT2D eigenvalue weighted by molar-refractivity contribution is 5.84. The van der Waals surface area contributed by atoms with Gasteiger partial charge in [-0.3, -0.25) is 10.2 Å². The fourth-order valence-electron chi connectivity index (χ4n) is 5.34. The zero-order chi connectivity index (χ0) is 30.2. The van der Waals surface area contributed by atoms with Gasteiger partial charge < -0.3 is 18.9 Å². The van der Waals surface area contributed by atoms with Gasteiger partial charge >= 0.3 is 12.2 Å². The highest BCUT2D eigenvalue weighted by Gasteiger charge is 2.55. The Morgan fingerprint density at radius 1 is 1.00 bits per heavy atom. The van der Waals surface area contributed by atoms with Gasteiger partial charge in [0.25, 0.3) is 0 Å². The Morgan fingerprint density at radius 3 is 2.24 bits per heavy atom. The summed E-state index contributed by atoms with van der Waals surface area (Å²) in [5.41, 5.74) is -0.531. The smallest absolute Gasteiger partial charge is 0.413 e. The standard InChI is InChI=1S/C33H46N2O6/c1-30(2,3)40-28(36)34-23-15-13-22(14-16-23)21-26-25(38-26)18-17-24-27(33(9)19-11-10-12-20-33)39-32(7,8)35(24)29(37)41-31(4,5)6/h10-19,24-27H,20-21H2,1-9H3,(H,34,36)/b18-17+/t24-,25?,26?,27+,33?/m1/s1. The van der Waals surface area contributed by atoms with E-state index in [9.17, 15) is 9.59 Å². The average Bonchev–Trinajstić information content (AvgIpc) is 3.49. The summed E-state index contributed by atoms with van der Waals surface area (Å²) in [5.74, 6) is 0. The molecule has 2 aliphatic heterocycles. The normalized spacial score (nSPS) is 29.0. The number of anilines is 1. The van der Waals surface area contributed by atoms with Crippen LogP contribution in [0.5, 0.6) is 0 Å². The van der Waals surface area contributed by atoms with Crippen molar-refractivity contribution in [3.63, 3.8) is 0 Å². The van der Waals surface area contributed by atoms with Crippen molar-refractivity contribution in [1.29, 1.82) is 0 Å². The first-order chi connectivity index (χ1) is 19.0. The molecule has 3 aliphatic rings. The highest BCUT2D eigenvalue weighted by Crippen LogP contribution is 2.45. The summed E-state index contributed by atoms with van der Waals surface area (Å²) in [6, 6.07) is 7.35. The van der Waals surface area contributed by atoms with Crippen LogP contribution in [0.3, 0.4) is 0 Å². The van der Waals surface area contributed by atoms with Crippen molar-refractivity contribution < 1.29 is 28.5 Å². The molecule has 1 aromatic carbocycles. The number of benzene rings is 1. The third-order valence-corrected chi connectivity index (χ3v) is 7.28. The first kappa shape index (κ1) is 30.8. The van der Waals surface area contributed by atoms with Gasteiger partial charge in [0.15, 0.2) is 0 Å². The third kappa shape index (κ3) is 8.01. The summed E-state index contributed by atoms with van der Waals surface area (Å²) in [6.45, 7) is 17.1. The molecule has 0 spiro atoms. The van der Waals surface area contributed by atoms with Crippen LogP contribution in [0.15, 0.2) is 60.7 Å². The molecule has 1 N–H and O–H groups in total. The summed E-state index contributed by atoms with van der Waals surface area (Å²) < 4.78 is 23.7. The fraction of sp³-hybridized carbons (Fsp3) is 0.576. The van der Waals surface area contributed by atoms with Crippen LogP contribution < -0.4 is 5.32 Å². The van der Waals surface area contributed by atoms with Gasteiger partial charge in [0.05, 0.1) is 18.2 Å². The Labute approximate surface area is 244 Å². The van der Waals surface area contributed by atoms with Crippen molar-refractivity contribution in [2.45, 2.75) is 116 Å². The summed E-state index contributed by atoms with van der Waals surface area (Å²) in [5, 5.41) is 2.76. The maximum Gasteiger partial charge on any atom is 0.413 e. The van der Waals surface area contributed by atoms with Crippen LogP contribution in [0.1, 0.15) is 74.3 Å². The fourth-order valence-corrected chi connectivity index (χ4v) is 5.34. The molecule has 2 saturated heterocycles. The Morgan fingerprint density at radius 2 is 1.66 bits per heavy atom. The molecule has 0 aromatic heterocycles. The molecule has 1 aromatic rings. The van der Waals surface area contributed by atoms with E-state index in [4.69, 9.17) is 18.9 Å². The first-order valence-corrected chi connectivity index (χ1v) is 14.4. The van der Waals surface area contributed by atoms with Gasteiger partial charge in [0.1, 0.15) is 23.0 Å². The Bertz CT molecular complexity index is 1200. The van der Waals surface area contributed by atoms with Gasteiger partial charge in [-0.15, -0.1) is 0 Å². The van der Waals surface area contributed by atoms with E-state index < -0.39 is 29.1 Å². The lowest BCUT2D eigenvalue weighted by atomic mass is 9.75. The molecule has 0 bridgehead atoms. The van der Waals surface area contributed by atoms with E-state index in [0.717, 1.165) is 18.4 Å². The van der Waals surface area contributed by atoms with Crippen LogP contribution in [0.4, 0.5) is 15.3 Å². The minimum absolute atomic E-state index is 0.0350. The van der Waals surface area contributed by atoms with Gasteiger partial charge in [-0.1, -0.05) is 55.5 Å². The number of carbonyl (C=O) groups excluding carboxylic acids is 2. The second-order valence-corrected chi connectivity index (χ2v) is 13.9. The zero-order valence-corrected chi connectivity index (χ0v) is 25.9. The average molecular weight is 567 g/mol. The van der Waals surface area contributed by atoms with E-state index >= 15 is 0 Å². The van der Waals surface area contributed by atoms with Gasteiger partial charge in [-0.2, -0.15) is 0 Å². The number of nitrogens with one attached hydrogen (secondary N) is 1. The topological polar surface area (TPSA) is 89.6 Å². The van der Waals surface area contributed by atoms with Gasteiger partial charge in [-0.25, -0.2) is 9.59 Å². The largest absolute Gasteiger partial charge is 0.444 e. The van der Waals surface area contributed by atoms with E-state index in [2.05, 4.69) is 36.5 Å². The second kappa shape index (κ2) is 11.3. The number of ether oxygens (including phenoxy) is 4. The van der Waals surface area contributed by atoms with Crippen molar-refractivity contribution in [3.05, 3.63) is 66.3 Å². The molecule has 1 aliphatic carbocycles. The number of rotatable bonds is 6. The monoisotopic (exact) mass is 566 g/mol. The van der Waals surface area contributed by atoms with Crippen molar-refractivity contribution in [1.82, 2.24) is 4.90 Å². The van der Waals surface area contributed by atoms with Crippen molar-refractivity contribution in [2.75, 3.05) is 5.32 Å². The molecule has 224 valence electrons. The molecule has 2 fully saturated rings. The van der Waals surface area contributed by atoms with E-state index in [0.29, 0.717) is 5.69 Å². The van der Waals surface area contributed by atoms with E-state index in [-0.39, 0.29) is 29.8 Å². The zero-order valence-electron chi connectivity index (χ0n) is 25.9. The quantitative estimate of drug-likeness (QED) is 0.290. The second-order valence-electron chi connectivity index (χ2n) is 13.9. The maximum atomic E-state index is 13.4. The molecule has 8 nitrogen and oxygen atoms in total. The van der Waals surface area contributed by atoms with E-state index in [1.54, 1.807) is 4.90 Å². The Kier molecular flexibility index (Phi) is 8.50. The number of hydrogen-bond donors (Lipinski definition) is 1. The van der Waals surface area contributed by atoms with Crippen LogP contribution in [0.25, 0.3) is 0 Å². The van der Waals surface area contributed by atoms with Crippen LogP contribution in [0, 0.1) is 5.41 Å². The molecule has 0 radical (unpaired) electrons. The lowest BCUT2D eigenvalue weighted by Gasteiger charge is -2.36. The molecule has 5 atom stereocenters. The summed E-state index contributed by atoms with van der Waals surface area (Å²) in [6.07, 6.45) is 12.9. The number of allylic oxidation sites excluding steroid dienone is 3. The lowest BCUT2D eigenvalue weighted by molar-refractivity contribution is -0.0970. The van der Waals surface area contributed by atoms with Crippen LogP contribution in [-0.4, -0.2) is 58.4 Å². The van der Waals surface area contributed by atoms with Crippen LogP contribution >= 0.6 is 0 Å². The summed E-state index contributed by atoms with van der Waals surface area (Å²) in [7, 11) is 0. The van der Waals surface area contributed by atoms with Gasteiger partial charge in [-0.05, 0) is 79.5 Å². The van der Waals surface area contributed by atoms with Crippen molar-refractivity contribution in [2.24, 2.45) is 5.41 Å². The molecular weight excluding hydrogens is 520 g/mol. The SMILES string of the molecule is CC(C)(C)OC(=O)Nc1ccc(CC2OC2/C=C/[C@@H]2[C@@H](C3(C)C=CC=CC3)OC(C)(C)N2C(=O)OC(C)(C)C)cc1. The van der Waals surface area contributed by atoms with E-state index in [1.165, 1.54) is 0 Å². The molecule has 2 amide bonds. The van der Waals surface area contributed by atoms with Crippen LogP contribution in [-0.2, 0) is 25.4 Å². The molecule has 2 heterocycles. The molecular formula is C33H46N2O6. The first-order valence-electron chi connectivity index (χ1n) is 14.4. The highest BCUT2D eigenvalue weighted by atomic mass is 16.6. The van der Waals surface area contributed by atoms with Crippen LogP contribution in [0.2, 0.25) is 0 Å². The van der Waals surface area contributed by atoms with Crippen molar-refractivity contribution >= 4 is 17.9 Å². The van der Waals surface area contributed by atoms with Crippen molar-refractivity contribution in [3.8, 4) is 0 Å². The number of epoxide rings is 1. The molecule has 41 heavy (non-hydrogen) atoms. The number of amides is 2. The summed E-state index contributed by atoms with van der Waals surface area (Å²) >= 11 is 0. The lowest BCUT2D eigenvalue weighted by Crippen LogP contribution is -2.50. The molecule has 8 heteroatoms. The molecule has 3 unspecified atom stereocenters. The number of nitrogens with zero attached hydrogens (tertiary/aromatic N) is 1. The number of hydrogen-bond acceptors (Lipinski definition) is 6. The minimum Gasteiger partial charge on any atom is -0.444 e. The molecule has 0 saturated carbocycles. The predicted octanol–water partition coefficient (Wildman–Crippen LogP) is 7.16. The minimum atomic E-state index is -0.848. The maximum absolute atomic E-state index is 13.4. The number of carbonyl (C=O) groups is 2. The predicted molar refractivity (Wildman–Crippen MR) is 160 cm³/mol. The third-order valence-electron chi connectivity index (χ3n) is 7.28. The molecule has 4 rings (SSSR count). The van der Waals surface area contributed by atoms with Gasteiger partial charge in [0.2, 0.25) is 0 Å².